The van der Waals surface area contributed by atoms with Crippen molar-refractivity contribution in [2.45, 2.75) is 38.8 Å². The smallest absolute Gasteiger partial charge is 0.270 e. The molecule has 4 rings (SSSR count). The van der Waals surface area contributed by atoms with Crippen LogP contribution in [0.3, 0.4) is 0 Å². The van der Waals surface area contributed by atoms with Crippen LogP contribution < -0.4 is 4.74 Å². The van der Waals surface area contributed by atoms with Crippen LogP contribution in [0.2, 0.25) is 0 Å². The van der Waals surface area contributed by atoms with Crippen LogP contribution >= 0.6 is 0 Å². The third-order valence-electron chi connectivity index (χ3n) is 5.18. The molecule has 2 aliphatic heterocycles. The number of likely N-dealkylation sites (tertiary alicyclic amines) is 2. The summed E-state index contributed by atoms with van der Waals surface area (Å²) in [5, 5.41) is 1.04. The van der Waals surface area contributed by atoms with Crippen molar-refractivity contribution in [1.29, 1.82) is 0 Å². The first kappa shape index (κ1) is 15.5. The molecule has 5 nitrogen and oxygen atoms in total. The number of hydrogen-bond donors (Lipinski definition) is 1. The van der Waals surface area contributed by atoms with Crippen molar-refractivity contribution >= 4 is 16.8 Å². The molecular weight excluding hydrogens is 302 g/mol. The Hall–Kier alpha value is -2.01. The lowest BCUT2D eigenvalue weighted by atomic mass is 10.2. The van der Waals surface area contributed by atoms with Gasteiger partial charge in [0.25, 0.3) is 5.91 Å². The molecule has 1 atom stereocenters. The zero-order valence-electron chi connectivity index (χ0n) is 14.4. The summed E-state index contributed by atoms with van der Waals surface area (Å²) in [6.45, 7) is 8.29. The molecule has 2 saturated heterocycles. The summed E-state index contributed by atoms with van der Waals surface area (Å²) in [6.07, 6.45) is 2.44. The molecule has 1 amide bonds. The van der Waals surface area contributed by atoms with Gasteiger partial charge in [0.15, 0.2) is 0 Å². The van der Waals surface area contributed by atoms with Gasteiger partial charge in [-0.2, -0.15) is 0 Å². The summed E-state index contributed by atoms with van der Waals surface area (Å²) >= 11 is 0. The third kappa shape index (κ3) is 2.88. The Morgan fingerprint density at radius 3 is 2.75 bits per heavy atom. The summed E-state index contributed by atoms with van der Waals surface area (Å²) in [5.41, 5.74) is 1.66. The second-order valence-corrected chi connectivity index (χ2v) is 7.20. The lowest BCUT2D eigenvalue weighted by molar-refractivity contribution is 0.0646. The van der Waals surface area contributed by atoms with E-state index in [9.17, 15) is 4.79 Å². The van der Waals surface area contributed by atoms with Gasteiger partial charge in [0.2, 0.25) is 0 Å². The van der Waals surface area contributed by atoms with Gasteiger partial charge in [-0.3, -0.25) is 9.69 Å². The number of rotatable bonds is 4. The Bertz CT molecular complexity index is 748. The van der Waals surface area contributed by atoms with Crippen LogP contribution in [-0.2, 0) is 0 Å². The number of benzene rings is 1. The standard InChI is InChI=1S/C19H25N3O2/c1-13(2)22-9-6-16(12-22)24-15-4-5-17-14(10-15)11-18(20-17)19(23)21-7-3-8-21/h4-5,10-11,13,16,20H,3,6-9,12H2,1-2H3. The molecule has 0 spiro atoms. The average Bonchev–Trinajstić information content (AvgIpc) is 3.11. The average molecular weight is 327 g/mol. The highest BCUT2D eigenvalue weighted by molar-refractivity contribution is 5.98. The van der Waals surface area contributed by atoms with Gasteiger partial charge in [0.05, 0.1) is 0 Å². The number of fused-ring (bicyclic) bond motifs is 1. The zero-order valence-corrected chi connectivity index (χ0v) is 14.4. The largest absolute Gasteiger partial charge is 0.489 e. The maximum absolute atomic E-state index is 12.3. The molecule has 2 fully saturated rings. The van der Waals surface area contributed by atoms with E-state index in [0.29, 0.717) is 11.7 Å². The molecule has 0 bridgehead atoms. The van der Waals surface area contributed by atoms with E-state index >= 15 is 0 Å². The fourth-order valence-electron chi connectivity index (χ4n) is 3.50. The first-order valence-corrected chi connectivity index (χ1v) is 8.93. The lowest BCUT2D eigenvalue weighted by Crippen LogP contribution is -2.42. The predicted molar refractivity (Wildman–Crippen MR) is 94.6 cm³/mol. The molecule has 2 aromatic rings. The number of aromatic nitrogens is 1. The molecule has 2 aliphatic rings. The molecule has 0 aliphatic carbocycles. The van der Waals surface area contributed by atoms with Gasteiger partial charge in [-0.1, -0.05) is 0 Å². The Balaban J connectivity index is 1.48. The quantitative estimate of drug-likeness (QED) is 0.939. The number of H-pyrrole nitrogens is 1. The number of hydrogen-bond acceptors (Lipinski definition) is 3. The fourth-order valence-corrected chi connectivity index (χ4v) is 3.50. The van der Waals surface area contributed by atoms with E-state index in [1.807, 2.05) is 29.2 Å². The van der Waals surface area contributed by atoms with E-state index in [-0.39, 0.29) is 12.0 Å². The molecule has 3 heterocycles. The molecule has 0 radical (unpaired) electrons. The summed E-state index contributed by atoms with van der Waals surface area (Å²) in [5.74, 6) is 0.989. The van der Waals surface area contributed by atoms with Crippen LogP contribution in [0.1, 0.15) is 37.2 Å². The highest BCUT2D eigenvalue weighted by atomic mass is 16.5. The summed E-state index contributed by atoms with van der Waals surface area (Å²) in [7, 11) is 0. The number of carbonyl (C=O) groups is 1. The van der Waals surface area contributed by atoms with Crippen molar-refractivity contribution in [1.82, 2.24) is 14.8 Å². The summed E-state index contributed by atoms with van der Waals surface area (Å²) < 4.78 is 6.16. The zero-order chi connectivity index (χ0) is 16.7. The summed E-state index contributed by atoms with van der Waals surface area (Å²) in [6, 6.07) is 8.55. The minimum Gasteiger partial charge on any atom is -0.489 e. The molecule has 5 heteroatoms. The van der Waals surface area contributed by atoms with Crippen LogP contribution in [-0.4, -0.2) is 59.0 Å². The number of nitrogens with zero attached hydrogens (tertiary/aromatic N) is 2. The Kier molecular flexibility index (Phi) is 3.96. The van der Waals surface area contributed by atoms with E-state index in [4.69, 9.17) is 4.74 Å². The Morgan fingerprint density at radius 2 is 2.08 bits per heavy atom. The molecule has 1 unspecified atom stereocenters. The molecule has 1 aromatic heterocycles. The molecule has 24 heavy (non-hydrogen) atoms. The maximum atomic E-state index is 12.3. The Labute approximate surface area is 142 Å². The second-order valence-electron chi connectivity index (χ2n) is 7.20. The van der Waals surface area contributed by atoms with Gasteiger partial charge in [0.1, 0.15) is 17.5 Å². The van der Waals surface area contributed by atoms with E-state index in [1.54, 1.807) is 0 Å². The Morgan fingerprint density at radius 1 is 1.25 bits per heavy atom. The van der Waals surface area contributed by atoms with Crippen molar-refractivity contribution in [3.63, 3.8) is 0 Å². The highest BCUT2D eigenvalue weighted by Crippen LogP contribution is 2.26. The molecule has 1 aromatic carbocycles. The minimum absolute atomic E-state index is 0.100. The fraction of sp³-hybridized carbons (Fsp3) is 0.526. The van der Waals surface area contributed by atoms with Crippen molar-refractivity contribution in [3.8, 4) is 5.75 Å². The van der Waals surface area contributed by atoms with Crippen LogP contribution in [0.25, 0.3) is 10.9 Å². The van der Waals surface area contributed by atoms with Gasteiger partial charge in [0, 0.05) is 43.1 Å². The van der Waals surface area contributed by atoms with E-state index in [2.05, 4.69) is 23.7 Å². The van der Waals surface area contributed by atoms with Gasteiger partial charge in [-0.15, -0.1) is 0 Å². The van der Waals surface area contributed by atoms with Crippen molar-refractivity contribution in [2.24, 2.45) is 0 Å². The minimum atomic E-state index is 0.100. The molecule has 128 valence electrons. The summed E-state index contributed by atoms with van der Waals surface area (Å²) in [4.78, 5) is 19.9. The first-order chi connectivity index (χ1) is 11.6. The molecule has 0 saturated carbocycles. The number of aromatic amines is 1. The van der Waals surface area contributed by atoms with Crippen LogP contribution in [0.5, 0.6) is 5.75 Å². The van der Waals surface area contributed by atoms with Gasteiger partial charge in [-0.05, 0) is 51.0 Å². The lowest BCUT2D eigenvalue weighted by Gasteiger charge is -2.30. The van der Waals surface area contributed by atoms with Crippen molar-refractivity contribution in [3.05, 3.63) is 30.0 Å². The van der Waals surface area contributed by atoms with Gasteiger partial charge in [-0.25, -0.2) is 0 Å². The predicted octanol–water partition coefficient (Wildman–Crippen LogP) is 2.88. The third-order valence-corrected chi connectivity index (χ3v) is 5.18. The van der Waals surface area contributed by atoms with Crippen molar-refractivity contribution in [2.75, 3.05) is 26.2 Å². The number of amides is 1. The van der Waals surface area contributed by atoms with E-state index in [0.717, 1.165) is 55.7 Å². The topological polar surface area (TPSA) is 48.6 Å². The number of carbonyl (C=O) groups excluding carboxylic acids is 1. The second kappa shape index (κ2) is 6.13. The molecule has 1 N–H and O–H groups in total. The number of ether oxygens (including phenoxy) is 1. The SMILES string of the molecule is CC(C)N1CCC(Oc2ccc3[nH]c(C(=O)N4CCC4)cc3c2)C1. The van der Waals surface area contributed by atoms with Crippen molar-refractivity contribution < 1.29 is 9.53 Å². The van der Waals surface area contributed by atoms with Crippen LogP contribution in [0.4, 0.5) is 0 Å². The molecular formula is C19H25N3O2. The maximum Gasteiger partial charge on any atom is 0.270 e. The van der Waals surface area contributed by atoms with Crippen LogP contribution in [0, 0.1) is 0 Å². The van der Waals surface area contributed by atoms with E-state index in [1.165, 1.54) is 0 Å². The van der Waals surface area contributed by atoms with E-state index < -0.39 is 0 Å². The first-order valence-electron chi connectivity index (χ1n) is 8.93. The van der Waals surface area contributed by atoms with Gasteiger partial charge < -0.3 is 14.6 Å². The monoisotopic (exact) mass is 327 g/mol. The van der Waals surface area contributed by atoms with Crippen LogP contribution in [0.15, 0.2) is 24.3 Å². The van der Waals surface area contributed by atoms with Gasteiger partial charge >= 0.3 is 0 Å². The highest BCUT2D eigenvalue weighted by Gasteiger charge is 2.26. The normalized spacial score (nSPS) is 21.5. The number of nitrogens with one attached hydrogen (secondary N) is 1.